The molecule has 3 rings (SSSR count). The van der Waals surface area contributed by atoms with E-state index in [1.54, 1.807) is 16.7 Å². The highest BCUT2D eigenvalue weighted by atomic mass is 19.3. The Labute approximate surface area is 156 Å². The van der Waals surface area contributed by atoms with Crippen molar-refractivity contribution in [2.75, 3.05) is 10.6 Å². The number of nitrogens with one attached hydrogen (secondary N) is 2. The fraction of sp³-hybridized carbons (Fsp3) is 0.300. The van der Waals surface area contributed by atoms with Crippen LogP contribution in [0.1, 0.15) is 28.1 Å². The van der Waals surface area contributed by atoms with Crippen molar-refractivity contribution in [3.05, 3.63) is 58.5 Å². The molecule has 2 heterocycles. The van der Waals surface area contributed by atoms with E-state index in [-0.39, 0.29) is 5.69 Å². The standard InChI is InChI=1S/C20H22F2N4O/c1-11-6-5-7-12(2)16(11)9-23-17-8-15(25-20(27)18(21)22)10-26-14(4)13(3)24-19(17)26/h5-8,10,18,23H,9H2,1-4H3,(H,25,27). The first-order valence-electron chi connectivity index (χ1n) is 8.65. The van der Waals surface area contributed by atoms with Crippen LogP contribution in [-0.4, -0.2) is 21.7 Å². The van der Waals surface area contributed by atoms with Crippen molar-refractivity contribution in [3.63, 3.8) is 0 Å². The molecule has 142 valence electrons. The van der Waals surface area contributed by atoms with Crippen molar-refractivity contribution < 1.29 is 13.6 Å². The number of fused-ring (bicyclic) bond motifs is 1. The Morgan fingerprint density at radius 1 is 1.19 bits per heavy atom. The summed E-state index contributed by atoms with van der Waals surface area (Å²) >= 11 is 0. The van der Waals surface area contributed by atoms with E-state index in [1.165, 1.54) is 0 Å². The molecule has 0 radical (unpaired) electrons. The van der Waals surface area contributed by atoms with Crippen LogP contribution in [0.4, 0.5) is 20.2 Å². The number of carbonyl (C=O) groups is 1. The number of hydrogen-bond donors (Lipinski definition) is 2. The molecule has 3 aromatic rings. The van der Waals surface area contributed by atoms with Gasteiger partial charge in [-0.15, -0.1) is 0 Å². The van der Waals surface area contributed by atoms with Gasteiger partial charge in [0, 0.05) is 18.4 Å². The minimum atomic E-state index is -3.07. The highest BCUT2D eigenvalue weighted by Gasteiger charge is 2.17. The van der Waals surface area contributed by atoms with Crippen LogP contribution in [-0.2, 0) is 11.3 Å². The molecule has 5 nitrogen and oxygen atoms in total. The van der Waals surface area contributed by atoms with Gasteiger partial charge in [0.25, 0.3) is 5.91 Å². The number of benzene rings is 1. The van der Waals surface area contributed by atoms with Gasteiger partial charge in [-0.3, -0.25) is 4.79 Å². The van der Waals surface area contributed by atoms with Gasteiger partial charge in [0.05, 0.1) is 17.1 Å². The van der Waals surface area contributed by atoms with E-state index in [0.717, 1.165) is 28.1 Å². The summed E-state index contributed by atoms with van der Waals surface area (Å²) in [6, 6.07) is 7.73. The predicted molar refractivity (Wildman–Crippen MR) is 103 cm³/mol. The average molecular weight is 372 g/mol. The first-order valence-corrected chi connectivity index (χ1v) is 8.65. The van der Waals surface area contributed by atoms with Gasteiger partial charge >= 0.3 is 6.43 Å². The van der Waals surface area contributed by atoms with Crippen molar-refractivity contribution in [3.8, 4) is 0 Å². The molecule has 0 spiro atoms. The summed E-state index contributed by atoms with van der Waals surface area (Å²) < 4.78 is 27.0. The normalized spacial score (nSPS) is 11.2. The van der Waals surface area contributed by atoms with E-state index in [2.05, 4.69) is 15.6 Å². The third-order valence-electron chi connectivity index (χ3n) is 4.76. The van der Waals surface area contributed by atoms with E-state index in [9.17, 15) is 13.6 Å². The lowest BCUT2D eigenvalue weighted by Crippen LogP contribution is -2.20. The Kier molecular flexibility index (Phi) is 5.12. The van der Waals surface area contributed by atoms with Crippen LogP contribution >= 0.6 is 0 Å². The number of hydrogen-bond acceptors (Lipinski definition) is 3. The van der Waals surface area contributed by atoms with Gasteiger partial charge in [-0.2, -0.15) is 8.78 Å². The van der Waals surface area contributed by atoms with Crippen molar-refractivity contribution in [1.29, 1.82) is 0 Å². The molecule has 2 aromatic heterocycles. The zero-order valence-electron chi connectivity index (χ0n) is 15.7. The molecule has 0 saturated carbocycles. The highest BCUT2D eigenvalue weighted by Crippen LogP contribution is 2.26. The van der Waals surface area contributed by atoms with Gasteiger partial charge < -0.3 is 15.0 Å². The lowest BCUT2D eigenvalue weighted by molar-refractivity contribution is -0.126. The van der Waals surface area contributed by atoms with Crippen LogP contribution in [0.15, 0.2) is 30.5 Å². The van der Waals surface area contributed by atoms with Crippen LogP contribution in [0.2, 0.25) is 0 Å². The smallest absolute Gasteiger partial charge is 0.315 e. The maximum absolute atomic E-state index is 12.6. The predicted octanol–water partition coefficient (Wildman–Crippen LogP) is 4.38. The van der Waals surface area contributed by atoms with Crippen LogP contribution in [0.25, 0.3) is 5.65 Å². The van der Waals surface area contributed by atoms with E-state index >= 15 is 0 Å². The summed E-state index contributed by atoms with van der Waals surface area (Å²) in [4.78, 5) is 16.0. The van der Waals surface area contributed by atoms with Gasteiger partial charge in [0.1, 0.15) is 0 Å². The molecule has 0 bridgehead atoms. The van der Waals surface area contributed by atoms with Gasteiger partial charge in [-0.1, -0.05) is 18.2 Å². The van der Waals surface area contributed by atoms with Crippen molar-refractivity contribution in [2.24, 2.45) is 0 Å². The number of amides is 1. The topological polar surface area (TPSA) is 58.4 Å². The summed E-state index contributed by atoms with van der Waals surface area (Å²) in [6.07, 6.45) is -1.47. The second kappa shape index (κ2) is 7.34. The van der Waals surface area contributed by atoms with E-state index < -0.39 is 12.3 Å². The van der Waals surface area contributed by atoms with Crippen molar-refractivity contribution in [2.45, 2.75) is 40.7 Å². The fourth-order valence-electron chi connectivity index (χ4n) is 3.08. The Bertz CT molecular complexity index is 991. The molecule has 1 amide bonds. The van der Waals surface area contributed by atoms with E-state index in [4.69, 9.17) is 0 Å². The van der Waals surface area contributed by atoms with Crippen LogP contribution < -0.4 is 10.6 Å². The number of nitrogens with zero attached hydrogens (tertiary/aromatic N) is 2. The molecular weight excluding hydrogens is 350 g/mol. The largest absolute Gasteiger partial charge is 0.378 e. The Morgan fingerprint density at radius 3 is 2.48 bits per heavy atom. The molecule has 1 aromatic carbocycles. The van der Waals surface area contributed by atoms with Crippen LogP contribution in [0, 0.1) is 27.7 Å². The maximum atomic E-state index is 12.6. The number of anilines is 2. The SMILES string of the molecule is Cc1cccc(C)c1CNc1cc(NC(=O)C(F)F)cn2c(C)c(C)nc12. The first kappa shape index (κ1) is 18.8. The van der Waals surface area contributed by atoms with E-state index in [1.807, 2.05) is 45.9 Å². The number of aromatic nitrogens is 2. The minimum absolute atomic E-state index is 0.289. The Hall–Kier alpha value is -2.96. The molecule has 0 aliphatic heterocycles. The summed E-state index contributed by atoms with van der Waals surface area (Å²) in [6.45, 7) is 8.43. The Morgan fingerprint density at radius 2 is 1.85 bits per heavy atom. The second-order valence-corrected chi connectivity index (χ2v) is 6.63. The fourth-order valence-corrected chi connectivity index (χ4v) is 3.08. The van der Waals surface area contributed by atoms with Crippen molar-refractivity contribution in [1.82, 2.24) is 9.38 Å². The number of carbonyl (C=O) groups excluding carboxylic acids is 1. The van der Waals surface area contributed by atoms with Crippen molar-refractivity contribution >= 4 is 22.9 Å². The van der Waals surface area contributed by atoms with E-state index in [0.29, 0.717) is 17.9 Å². The number of alkyl halides is 2. The quantitative estimate of drug-likeness (QED) is 0.699. The first-order chi connectivity index (χ1) is 12.8. The average Bonchev–Trinajstić information content (AvgIpc) is 2.89. The highest BCUT2D eigenvalue weighted by molar-refractivity contribution is 5.94. The summed E-state index contributed by atoms with van der Waals surface area (Å²) in [5.41, 5.74) is 6.85. The Balaban J connectivity index is 2.00. The zero-order chi connectivity index (χ0) is 19.7. The third kappa shape index (κ3) is 3.77. The van der Waals surface area contributed by atoms with Gasteiger partial charge in [-0.25, -0.2) is 4.98 Å². The molecule has 2 N–H and O–H groups in total. The molecule has 0 atom stereocenters. The van der Waals surface area contributed by atoms with Gasteiger partial charge in [-0.05, 0) is 50.5 Å². The lowest BCUT2D eigenvalue weighted by Gasteiger charge is -2.14. The molecule has 7 heteroatoms. The molecule has 0 saturated heterocycles. The van der Waals surface area contributed by atoms with Gasteiger partial charge in [0.2, 0.25) is 0 Å². The molecule has 0 fully saturated rings. The second-order valence-electron chi connectivity index (χ2n) is 6.63. The maximum Gasteiger partial charge on any atom is 0.315 e. The molecule has 27 heavy (non-hydrogen) atoms. The van der Waals surface area contributed by atoms with Crippen LogP contribution in [0.3, 0.4) is 0 Å². The lowest BCUT2D eigenvalue weighted by atomic mass is 10.0. The molecule has 0 aliphatic carbocycles. The van der Waals surface area contributed by atoms with Gasteiger partial charge in [0.15, 0.2) is 5.65 Å². The molecule has 0 unspecified atom stereocenters. The van der Waals surface area contributed by atoms with Crippen LogP contribution in [0.5, 0.6) is 0 Å². The summed E-state index contributed by atoms with van der Waals surface area (Å²) in [5.74, 6) is -1.33. The monoisotopic (exact) mass is 372 g/mol. The number of pyridine rings is 1. The number of rotatable bonds is 5. The minimum Gasteiger partial charge on any atom is -0.378 e. The zero-order valence-corrected chi connectivity index (χ0v) is 15.7. The summed E-state index contributed by atoms with van der Waals surface area (Å²) in [7, 11) is 0. The third-order valence-corrected chi connectivity index (χ3v) is 4.76. The number of imidazole rings is 1. The number of aryl methyl sites for hydroxylation is 4. The molecule has 0 aliphatic rings. The number of halogens is 2. The molecular formula is C20H22F2N4O. The summed E-state index contributed by atoms with van der Waals surface area (Å²) in [5, 5.41) is 5.60.